The highest BCUT2D eigenvalue weighted by Crippen LogP contribution is 2.50. The van der Waals surface area contributed by atoms with Gasteiger partial charge in [-0.2, -0.15) is 4.57 Å². The van der Waals surface area contributed by atoms with E-state index < -0.39 is 0 Å². The molecule has 0 radical (unpaired) electrons. The molecule has 3 heterocycles. The van der Waals surface area contributed by atoms with Gasteiger partial charge in [-0.25, -0.2) is 4.57 Å². The van der Waals surface area contributed by atoms with E-state index in [1.165, 1.54) is 63.2 Å². The van der Waals surface area contributed by atoms with Crippen molar-refractivity contribution in [2.75, 3.05) is 0 Å². The van der Waals surface area contributed by atoms with Crippen LogP contribution in [0.4, 0.5) is 0 Å². The van der Waals surface area contributed by atoms with Gasteiger partial charge in [-0.1, -0.05) is 93.9 Å². The maximum Gasteiger partial charge on any atom is 0.213 e. The van der Waals surface area contributed by atoms with Crippen LogP contribution in [0.15, 0.2) is 128 Å². The standard InChI is InChI=1S/C43H48N2/c1-6-9-18-33-25-26-38-39(31-33)42(4,7-2)43(8-3,45-29-16-15-24-40(38)45)28-17-22-35-21-13-14-23-37(35)41-32-36(27-30-44(41)5)34-19-11-10-12-20-34/h10-17,19-21,23-32H,6-9,18,22H2,1-5H3/q+2. The Hall–Kier alpha value is -4.30. The van der Waals surface area contributed by atoms with Crippen LogP contribution >= 0.6 is 0 Å². The molecule has 2 aromatic heterocycles. The number of aryl methyl sites for hydroxylation is 2. The van der Waals surface area contributed by atoms with Gasteiger partial charge in [0, 0.05) is 36.2 Å². The van der Waals surface area contributed by atoms with Crippen LogP contribution in [-0.2, 0) is 30.8 Å². The maximum atomic E-state index is 2.58. The van der Waals surface area contributed by atoms with Gasteiger partial charge in [-0.15, -0.1) is 0 Å². The Kier molecular flexibility index (Phi) is 8.85. The van der Waals surface area contributed by atoms with Gasteiger partial charge in [0.05, 0.1) is 11.0 Å². The number of rotatable bonds is 10. The summed E-state index contributed by atoms with van der Waals surface area (Å²) in [7, 11) is 2.15. The summed E-state index contributed by atoms with van der Waals surface area (Å²) < 4.78 is 4.83. The molecule has 0 aliphatic carbocycles. The van der Waals surface area contributed by atoms with Crippen molar-refractivity contribution in [3.8, 4) is 33.6 Å². The molecule has 0 bridgehead atoms. The largest absolute Gasteiger partial charge is 0.213 e. The Balaban J connectivity index is 1.42. The van der Waals surface area contributed by atoms with Crippen molar-refractivity contribution in [3.63, 3.8) is 0 Å². The third-order valence-corrected chi connectivity index (χ3v) is 10.5. The Morgan fingerprint density at radius 2 is 1.47 bits per heavy atom. The molecule has 2 nitrogen and oxygen atoms in total. The first-order chi connectivity index (χ1) is 22.0. The van der Waals surface area contributed by atoms with Gasteiger partial charge < -0.3 is 0 Å². The van der Waals surface area contributed by atoms with Crippen molar-refractivity contribution < 1.29 is 9.13 Å². The van der Waals surface area contributed by atoms with E-state index in [4.69, 9.17) is 0 Å². The van der Waals surface area contributed by atoms with Gasteiger partial charge in [0.25, 0.3) is 0 Å². The van der Waals surface area contributed by atoms with Crippen LogP contribution in [0, 0.1) is 0 Å². The van der Waals surface area contributed by atoms with Crippen molar-refractivity contribution >= 4 is 0 Å². The first-order valence-electron chi connectivity index (χ1n) is 16.9. The molecule has 0 amide bonds. The van der Waals surface area contributed by atoms with Crippen LogP contribution in [0.3, 0.4) is 0 Å². The molecule has 2 unspecified atom stereocenters. The second-order valence-electron chi connectivity index (χ2n) is 12.9. The number of pyridine rings is 2. The molecule has 2 atom stereocenters. The first-order valence-corrected chi connectivity index (χ1v) is 16.9. The van der Waals surface area contributed by atoms with Gasteiger partial charge >= 0.3 is 0 Å². The van der Waals surface area contributed by atoms with Gasteiger partial charge in [-0.05, 0) is 84.7 Å². The minimum atomic E-state index is -0.179. The lowest BCUT2D eigenvalue weighted by Gasteiger charge is -2.46. The zero-order chi connectivity index (χ0) is 31.4. The lowest BCUT2D eigenvalue weighted by atomic mass is 9.59. The van der Waals surface area contributed by atoms with Crippen LogP contribution in [0.1, 0.15) is 70.1 Å². The van der Waals surface area contributed by atoms with Crippen molar-refractivity contribution in [1.82, 2.24) is 0 Å². The Morgan fingerprint density at radius 1 is 0.689 bits per heavy atom. The molecule has 2 heteroatoms. The molecule has 0 fully saturated rings. The Labute approximate surface area is 270 Å². The van der Waals surface area contributed by atoms with E-state index in [-0.39, 0.29) is 11.0 Å². The zero-order valence-electron chi connectivity index (χ0n) is 27.8. The van der Waals surface area contributed by atoms with Crippen LogP contribution in [0.25, 0.3) is 33.6 Å². The van der Waals surface area contributed by atoms with Crippen LogP contribution < -0.4 is 9.13 Å². The summed E-state index contributed by atoms with van der Waals surface area (Å²) in [5.41, 5.74) is 11.8. The highest BCUT2D eigenvalue weighted by atomic mass is 15.1. The van der Waals surface area contributed by atoms with Crippen molar-refractivity contribution in [3.05, 3.63) is 144 Å². The van der Waals surface area contributed by atoms with Gasteiger partial charge in [0.2, 0.25) is 11.4 Å². The maximum absolute atomic E-state index is 2.58. The van der Waals surface area contributed by atoms with E-state index in [1.807, 2.05) is 0 Å². The second kappa shape index (κ2) is 13.0. The minimum absolute atomic E-state index is 0.0508. The molecule has 0 N–H and O–H groups in total. The fourth-order valence-corrected chi connectivity index (χ4v) is 7.73. The first kappa shape index (κ1) is 30.7. The average Bonchev–Trinajstić information content (AvgIpc) is 3.09. The summed E-state index contributed by atoms with van der Waals surface area (Å²) in [5, 5.41) is 0. The molecule has 0 saturated heterocycles. The third-order valence-electron chi connectivity index (χ3n) is 10.5. The molecule has 3 aromatic carbocycles. The third kappa shape index (κ3) is 5.46. The van der Waals surface area contributed by atoms with Crippen molar-refractivity contribution in [2.24, 2.45) is 7.05 Å². The van der Waals surface area contributed by atoms with Crippen LogP contribution in [0.5, 0.6) is 0 Å². The number of hydrogen-bond donors (Lipinski definition) is 0. The number of unbranched alkanes of at least 4 members (excludes halogenated alkanes) is 1. The molecule has 5 aromatic rings. The van der Waals surface area contributed by atoms with E-state index in [1.54, 1.807) is 0 Å². The topological polar surface area (TPSA) is 7.76 Å². The number of nitrogens with zero attached hydrogens (tertiary/aromatic N) is 2. The molecule has 1 aliphatic heterocycles. The lowest BCUT2D eigenvalue weighted by Crippen LogP contribution is -2.68. The SMILES string of the molecule is CCCCc1ccc2c(c1)C(C)(CC)C(C=CCc1ccccc1-c1cc(-c3ccccc3)cc[n+]1C)(CC)[n+]1ccccc1-2. The van der Waals surface area contributed by atoms with E-state index in [9.17, 15) is 0 Å². The Morgan fingerprint density at radius 3 is 2.24 bits per heavy atom. The van der Waals surface area contributed by atoms with Gasteiger partial charge in [-0.3, -0.25) is 0 Å². The van der Waals surface area contributed by atoms with Gasteiger partial charge in [0.15, 0.2) is 17.9 Å². The smallest absolute Gasteiger partial charge is 0.201 e. The highest BCUT2D eigenvalue weighted by molar-refractivity contribution is 5.70. The fraction of sp³-hybridized carbons (Fsp3) is 0.302. The lowest BCUT2D eigenvalue weighted by molar-refractivity contribution is -0.756. The average molecular weight is 593 g/mol. The molecule has 0 saturated carbocycles. The van der Waals surface area contributed by atoms with Crippen LogP contribution in [0.2, 0.25) is 0 Å². The van der Waals surface area contributed by atoms with E-state index >= 15 is 0 Å². The molecule has 45 heavy (non-hydrogen) atoms. The summed E-state index contributed by atoms with van der Waals surface area (Å²) in [6.45, 7) is 9.54. The predicted octanol–water partition coefficient (Wildman–Crippen LogP) is 9.73. The van der Waals surface area contributed by atoms with Gasteiger partial charge in [0.1, 0.15) is 7.05 Å². The summed E-state index contributed by atoms with van der Waals surface area (Å²) in [5.74, 6) is 0. The van der Waals surface area contributed by atoms with E-state index in [0.717, 1.165) is 25.7 Å². The normalized spacial score (nSPS) is 19.0. The number of hydrogen-bond acceptors (Lipinski definition) is 0. The van der Waals surface area contributed by atoms with Crippen LogP contribution in [-0.4, -0.2) is 0 Å². The molecule has 1 aliphatic rings. The predicted molar refractivity (Wildman–Crippen MR) is 188 cm³/mol. The highest BCUT2D eigenvalue weighted by Gasteiger charge is 2.57. The zero-order valence-corrected chi connectivity index (χ0v) is 27.8. The number of fused-ring (bicyclic) bond motifs is 3. The summed E-state index contributed by atoms with van der Waals surface area (Å²) in [6, 6.07) is 38.1. The second-order valence-corrected chi connectivity index (χ2v) is 12.9. The summed E-state index contributed by atoms with van der Waals surface area (Å²) in [6.07, 6.45) is 16.1. The molecule has 0 spiro atoms. The number of allylic oxidation sites excluding steroid dienone is 2. The number of aromatic nitrogens is 2. The molecule has 6 rings (SSSR count). The Bertz CT molecular complexity index is 1820. The molecular weight excluding hydrogens is 544 g/mol. The summed E-state index contributed by atoms with van der Waals surface area (Å²) >= 11 is 0. The van der Waals surface area contributed by atoms with Crippen molar-refractivity contribution in [1.29, 1.82) is 0 Å². The minimum Gasteiger partial charge on any atom is -0.201 e. The molecule has 228 valence electrons. The van der Waals surface area contributed by atoms with E-state index in [2.05, 4.69) is 172 Å². The number of benzene rings is 3. The fourth-order valence-electron chi connectivity index (χ4n) is 7.73. The summed E-state index contributed by atoms with van der Waals surface area (Å²) in [4.78, 5) is 0. The quantitative estimate of drug-likeness (QED) is 0.113. The molecular formula is C43H48N2+2. The monoisotopic (exact) mass is 592 g/mol. The van der Waals surface area contributed by atoms with Crippen molar-refractivity contribution in [2.45, 2.75) is 77.2 Å². The van der Waals surface area contributed by atoms with E-state index in [0.29, 0.717) is 0 Å².